The predicted molar refractivity (Wildman–Crippen MR) is 96.0 cm³/mol. The number of nitrogens with one attached hydrogen (secondary N) is 1. The molecule has 4 rings (SSSR count). The summed E-state index contributed by atoms with van der Waals surface area (Å²) in [6.45, 7) is 0. The highest BCUT2D eigenvalue weighted by molar-refractivity contribution is 6.31. The number of benzene rings is 2. The van der Waals surface area contributed by atoms with Crippen LogP contribution in [0.3, 0.4) is 0 Å². The Labute approximate surface area is 142 Å². The molecule has 0 bridgehead atoms. The molecule has 0 fully saturated rings. The summed E-state index contributed by atoms with van der Waals surface area (Å²) in [5, 5.41) is 11.6. The van der Waals surface area contributed by atoms with Crippen LogP contribution in [0.2, 0.25) is 5.02 Å². The van der Waals surface area contributed by atoms with E-state index in [0.717, 1.165) is 11.1 Å². The molecule has 0 unspecified atom stereocenters. The minimum absolute atomic E-state index is 0.0689. The Balaban J connectivity index is 1.90. The van der Waals surface area contributed by atoms with E-state index in [1.807, 2.05) is 42.6 Å². The smallest absolute Gasteiger partial charge is 0.276 e. The number of nitrogens with zero attached hydrogens (tertiary/aromatic N) is 1. The van der Waals surface area contributed by atoms with Gasteiger partial charge in [0.1, 0.15) is 0 Å². The van der Waals surface area contributed by atoms with Crippen molar-refractivity contribution in [1.82, 2.24) is 9.55 Å². The summed E-state index contributed by atoms with van der Waals surface area (Å²) in [6, 6.07) is 16.7. The van der Waals surface area contributed by atoms with E-state index < -0.39 is 0 Å². The quantitative estimate of drug-likeness (QED) is 0.572. The second kappa shape index (κ2) is 5.58. The molecule has 0 radical (unpaired) electrons. The second-order valence-corrected chi connectivity index (χ2v) is 5.95. The minimum Gasteiger partial charge on any atom is -0.505 e. The van der Waals surface area contributed by atoms with Gasteiger partial charge in [0.15, 0.2) is 11.4 Å². The van der Waals surface area contributed by atoms with Gasteiger partial charge < -0.3 is 14.7 Å². The van der Waals surface area contributed by atoms with Crippen molar-refractivity contribution in [1.29, 1.82) is 0 Å². The van der Waals surface area contributed by atoms with Crippen molar-refractivity contribution in [2.24, 2.45) is 0 Å². The molecule has 0 spiro atoms. The van der Waals surface area contributed by atoms with Gasteiger partial charge in [-0.2, -0.15) is 0 Å². The highest BCUT2D eigenvalue weighted by atomic mass is 35.5. The predicted octanol–water partition coefficient (Wildman–Crippen LogP) is 4.34. The summed E-state index contributed by atoms with van der Waals surface area (Å²) in [4.78, 5) is 15.2. The van der Waals surface area contributed by atoms with Gasteiger partial charge in [-0.3, -0.25) is 4.79 Å². The van der Waals surface area contributed by atoms with Crippen molar-refractivity contribution in [2.75, 3.05) is 0 Å². The first-order valence-electron chi connectivity index (χ1n) is 7.42. The number of hydrogen-bond acceptors (Lipinski definition) is 2. The third-order valence-electron chi connectivity index (χ3n) is 3.98. The average Bonchev–Trinajstić information content (AvgIpc) is 3.05. The van der Waals surface area contributed by atoms with Crippen molar-refractivity contribution in [3.63, 3.8) is 0 Å². The first-order chi connectivity index (χ1) is 11.6. The van der Waals surface area contributed by atoms with Crippen molar-refractivity contribution >= 4 is 22.5 Å². The van der Waals surface area contributed by atoms with Crippen LogP contribution >= 0.6 is 11.6 Å². The van der Waals surface area contributed by atoms with E-state index in [2.05, 4.69) is 4.98 Å². The molecule has 0 aliphatic carbocycles. The Morgan fingerprint density at radius 2 is 1.79 bits per heavy atom. The molecular formula is C19H13ClN2O2. The van der Waals surface area contributed by atoms with Gasteiger partial charge in [-0.25, -0.2) is 0 Å². The normalized spacial score (nSPS) is 11.0. The SMILES string of the molecule is O=c1[nH]c2cc(Cl)ccc2c(O)c1-n1ccc(-c2ccccc2)c1. The molecule has 118 valence electrons. The van der Waals surface area contributed by atoms with Crippen molar-refractivity contribution in [2.45, 2.75) is 0 Å². The second-order valence-electron chi connectivity index (χ2n) is 5.51. The Bertz CT molecular complexity index is 1100. The van der Waals surface area contributed by atoms with Gasteiger partial charge >= 0.3 is 0 Å². The number of hydrogen-bond donors (Lipinski definition) is 2. The number of rotatable bonds is 2. The maximum Gasteiger partial charge on any atom is 0.276 e. The Morgan fingerprint density at radius 3 is 2.58 bits per heavy atom. The number of H-pyrrole nitrogens is 1. The lowest BCUT2D eigenvalue weighted by atomic mass is 10.1. The summed E-state index contributed by atoms with van der Waals surface area (Å²) in [6.07, 6.45) is 3.58. The van der Waals surface area contributed by atoms with Crippen LogP contribution in [-0.2, 0) is 0 Å². The fraction of sp³-hybridized carbons (Fsp3) is 0. The van der Waals surface area contributed by atoms with Crippen LogP contribution in [-0.4, -0.2) is 14.7 Å². The number of fused-ring (bicyclic) bond motifs is 1. The van der Waals surface area contributed by atoms with Crippen LogP contribution in [0, 0.1) is 0 Å². The maximum absolute atomic E-state index is 12.4. The van der Waals surface area contributed by atoms with E-state index in [4.69, 9.17) is 11.6 Å². The first kappa shape index (κ1) is 14.6. The largest absolute Gasteiger partial charge is 0.505 e. The van der Waals surface area contributed by atoms with E-state index in [-0.39, 0.29) is 17.0 Å². The molecule has 24 heavy (non-hydrogen) atoms. The number of aromatic amines is 1. The summed E-state index contributed by atoms with van der Waals surface area (Å²) in [7, 11) is 0. The molecule has 0 atom stereocenters. The number of pyridine rings is 1. The Hall–Kier alpha value is -2.98. The van der Waals surface area contributed by atoms with E-state index in [1.54, 1.807) is 29.0 Å². The van der Waals surface area contributed by atoms with E-state index in [0.29, 0.717) is 15.9 Å². The van der Waals surface area contributed by atoms with Gasteiger partial charge in [0, 0.05) is 22.8 Å². The highest BCUT2D eigenvalue weighted by Gasteiger charge is 2.14. The zero-order valence-corrected chi connectivity index (χ0v) is 13.3. The fourth-order valence-electron chi connectivity index (χ4n) is 2.82. The van der Waals surface area contributed by atoms with Crippen LogP contribution in [0.4, 0.5) is 0 Å². The van der Waals surface area contributed by atoms with E-state index >= 15 is 0 Å². The van der Waals surface area contributed by atoms with Gasteiger partial charge in [-0.05, 0) is 35.4 Å². The fourth-order valence-corrected chi connectivity index (χ4v) is 2.99. The standard InChI is InChI=1S/C19H13ClN2O2/c20-14-6-7-15-16(10-14)21-19(24)17(18(15)23)22-9-8-13(11-22)12-4-2-1-3-5-12/h1-11H,(H2,21,23,24). The van der Waals surface area contributed by atoms with Gasteiger partial charge in [-0.15, -0.1) is 0 Å². The number of aromatic hydroxyl groups is 1. The number of aromatic nitrogens is 2. The number of halogens is 1. The van der Waals surface area contributed by atoms with Crippen LogP contribution < -0.4 is 5.56 Å². The molecule has 2 aromatic heterocycles. The minimum atomic E-state index is -0.377. The van der Waals surface area contributed by atoms with Crippen LogP contribution in [0.1, 0.15) is 0 Å². The molecule has 5 heteroatoms. The molecule has 0 aliphatic heterocycles. The highest BCUT2D eigenvalue weighted by Crippen LogP contribution is 2.30. The van der Waals surface area contributed by atoms with Crippen molar-refractivity contribution in [3.05, 3.63) is 82.4 Å². The zero-order valence-electron chi connectivity index (χ0n) is 12.5. The topological polar surface area (TPSA) is 58.0 Å². The summed E-state index contributed by atoms with van der Waals surface area (Å²) in [5.74, 6) is -0.0689. The van der Waals surface area contributed by atoms with Gasteiger partial charge in [-0.1, -0.05) is 41.9 Å². The molecule has 0 saturated heterocycles. The van der Waals surface area contributed by atoms with E-state index in [9.17, 15) is 9.90 Å². The lowest BCUT2D eigenvalue weighted by Crippen LogP contribution is -2.14. The molecular weight excluding hydrogens is 324 g/mol. The van der Waals surface area contributed by atoms with E-state index in [1.165, 1.54) is 0 Å². The Kier molecular flexibility index (Phi) is 3.40. The summed E-state index contributed by atoms with van der Waals surface area (Å²) >= 11 is 5.94. The van der Waals surface area contributed by atoms with Gasteiger partial charge in [0.05, 0.1) is 5.52 Å². The van der Waals surface area contributed by atoms with Gasteiger partial charge in [0.2, 0.25) is 0 Å². The van der Waals surface area contributed by atoms with Crippen molar-refractivity contribution in [3.8, 4) is 22.6 Å². The lowest BCUT2D eigenvalue weighted by molar-refractivity contribution is 0.477. The zero-order chi connectivity index (χ0) is 16.7. The van der Waals surface area contributed by atoms with Crippen LogP contribution in [0.25, 0.3) is 27.7 Å². The molecule has 4 nitrogen and oxygen atoms in total. The molecule has 0 aliphatic rings. The molecule has 4 aromatic rings. The van der Waals surface area contributed by atoms with Crippen molar-refractivity contribution < 1.29 is 5.11 Å². The third-order valence-corrected chi connectivity index (χ3v) is 4.22. The Morgan fingerprint density at radius 1 is 1.00 bits per heavy atom. The van der Waals surface area contributed by atoms with Gasteiger partial charge in [0.25, 0.3) is 5.56 Å². The monoisotopic (exact) mass is 336 g/mol. The first-order valence-corrected chi connectivity index (χ1v) is 7.79. The maximum atomic E-state index is 12.4. The summed E-state index contributed by atoms with van der Waals surface area (Å²) in [5.41, 5.74) is 2.32. The summed E-state index contributed by atoms with van der Waals surface area (Å²) < 4.78 is 1.63. The molecule has 0 saturated carbocycles. The molecule has 2 heterocycles. The molecule has 2 N–H and O–H groups in total. The molecule has 0 amide bonds. The third kappa shape index (κ3) is 2.37. The van der Waals surface area contributed by atoms with Crippen LogP contribution in [0.15, 0.2) is 71.8 Å². The lowest BCUT2D eigenvalue weighted by Gasteiger charge is -2.08. The average molecular weight is 337 g/mol. The van der Waals surface area contributed by atoms with Crippen LogP contribution in [0.5, 0.6) is 5.75 Å². The molecule has 2 aromatic carbocycles.